The molecule has 6 nitrogen and oxygen atoms in total. The average molecular weight is 332 g/mol. The SMILES string of the molecule is O=C(NCCc1ccc2oc(=O)[nH]c2c1)Nc1ccc(Cl)cc1. The number of fused-ring (bicyclic) bond motifs is 1. The Morgan fingerprint density at radius 1 is 1.17 bits per heavy atom. The maximum Gasteiger partial charge on any atom is 0.417 e. The van der Waals surface area contributed by atoms with Crippen LogP contribution in [0.1, 0.15) is 5.56 Å². The number of amides is 2. The quantitative estimate of drug-likeness (QED) is 0.686. The fourth-order valence-electron chi connectivity index (χ4n) is 2.18. The summed E-state index contributed by atoms with van der Waals surface area (Å²) in [5.74, 6) is -0.474. The van der Waals surface area contributed by atoms with Gasteiger partial charge in [0.05, 0.1) is 5.52 Å². The van der Waals surface area contributed by atoms with Crippen LogP contribution in [0.4, 0.5) is 10.5 Å². The second-order valence-corrected chi connectivity index (χ2v) is 5.42. The molecule has 0 unspecified atom stereocenters. The summed E-state index contributed by atoms with van der Waals surface area (Å²) in [6.45, 7) is 0.465. The maximum absolute atomic E-state index is 11.8. The number of carbonyl (C=O) groups excluding carboxylic acids is 1. The molecule has 0 bridgehead atoms. The summed E-state index contributed by atoms with van der Waals surface area (Å²) in [6.07, 6.45) is 0.636. The molecule has 3 aromatic rings. The molecule has 1 heterocycles. The lowest BCUT2D eigenvalue weighted by Crippen LogP contribution is -2.30. The van der Waals surface area contributed by atoms with E-state index in [1.165, 1.54) is 0 Å². The van der Waals surface area contributed by atoms with Gasteiger partial charge < -0.3 is 15.1 Å². The highest BCUT2D eigenvalue weighted by atomic mass is 35.5. The fraction of sp³-hybridized carbons (Fsp3) is 0.125. The third kappa shape index (κ3) is 3.92. The van der Waals surface area contributed by atoms with Crippen LogP contribution >= 0.6 is 11.6 Å². The molecule has 3 rings (SSSR count). The number of carbonyl (C=O) groups is 1. The number of hydrogen-bond acceptors (Lipinski definition) is 3. The first-order valence-corrected chi connectivity index (χ1v) is 7.40. The minimum atomic E-state index is -0.474. The number of hydrogen-bond donors (Lipinski definition) is 3. The second-order valence-electron chi connectivity index (χ2n) is 4.98. The Labute approximate surface area is 136 Å². The minimum absolute atomic E-state index is 0.287. The Bertz CT molecular complexity index is 883. The number of oxazole rings is 1. The summed E-state index contributed by atoms with van der Waals surface area (Å²) >= 11 is 5.79. The van der Waals surface area contributed by atoms with Crippen LogP contribution in [0.25, 0.3) is 11.1 Å². The van der Waals surface area contributed by atoms with Gasteiger partial charge in [0.25, 0.3) is 0 Å². The van der Waals surface area contributed by atoms with Crippen molar-refractivity contribution in [3.8, 4) is 0 Å². The van der Waals surface area contributed by atoms with Crippen LogP contribution in [0, 0.1) is 0 Å². The molecule has 0 saturated carbocycles. The molecule has 1 aromatic heterocycles. The summed E-state index contributed by atoms with van der Waals surface area (Å²) in [4.78, 5) is 25.5. The topological polar surface area (TPSA) is 87.1 Å². The Balaban J connectivity index is 1.52. The highest BCUT2D eigenvalue weighted by Gasteiger charge is 2.04. The number of halogens is 1. The van der Waals surface area contributed by atoms with Gasteiger partial charge >= 0.3 is 11.8 Å². The summed E-state index contributed by atoms with van der Waals surface area (Å²) < 4.78 is 4.94. The van der Waals surface area contributed by atoms with Gasteiger partial charge in [-0.15, -0.1) is 0 Å². The zero-order valence-electron chi connectivity index (χ0n) is 12.1. The van der Waals surface area contributed by atoms with E-state index in [-0.39, 0.29) is 6.03 Å². The molecule has 0 radical (unpaired) electrons. The van der Waals surface area contributed by atoms with Crippen LogP contribution in [-0.4, -0.2) is 17.6 Å². The monoisotopic (exact) mass is 331 g/mol. The van der Waals surface area contributed by atoms with Crippen molar-refractivity contribution >= 4 is 34.4 Å². The van der Waals surface area contributed by atoms with Crippen molar-refractivity contribution in [3.63, 3.8) is 0 Å². The molecule has 0 aliphatic carbocycles. The van der Waals surface area contributed by atoms with Crippen molar-refractivity contribution in [1.29, 1.82) is 0 Å². The number of H-pyrrole nitrogens is 1. The molecule has 2 aromatic carbocycles. The highest BCUT2D eigenvalue weighted by molar-refractivity contribution is 6.30. The van der Waals surface area contributed by atoms with Crippen molar-refractivity contribution in [1.82, 2.24) is 10.3 Å². The van der Waals surface area contributed by atoms with E-state index >= 15 is 0 Å². The molecule has 23 heavy (non-hydrogen) atoms. The lowest BCUT2D eigenvalue weighted by atomic mass is 10.1. The zero-order valence-corrected chi connectivity index (χ0v) is 12.8. The average Bonchev–Trinajstić information content (AvgIpc) is 2.89. The van der Waals surface area contributed by atoms with Crippen LogP contribution in [-0.2, 0) is 6.42 Å². The highest BCUT2D eigenvalue weighted by Crippen LogP contribution is 2.14. The van der Waals surface area contributed by atoms with E-state index in [1.54, 1.807) is 30.3 Å². The maximum atomic E-state index is 11.8. The van der Waals surface area contributed by atoms with Gasteiger partial charge in [-0.2, -0.15) is 0 Å². The molecular formula is C16H14ClN3O3. The fourth-order valence-corrected chi connectivity index (χ4v) is 2.31. The van der Waals surface area contributed by atoms with E-state index in [0.717, 1.165) is 5.56 Å². The van der Waals surface area contributed by atoms with E-state index in [2.05, 4.69) is 15.6 Å². The third-order valence-corrected chi connectivity index (χ3v) is 3.54. The van der Waals surface area contributed by atoms with E-state index in [9.17, 15) is 9.59 Å². The number of aromatic nitrogens is 1. The Hall–Kier alpha value is -2.73. The van der Waals surface area contributed by atoms with Gasteiger partial charge in [0, 0.05) is 17.3 Å². The van der Waals surface area contributed by atoms with Crippen LogP contribution < -0.4 is 16.4 Å². The molecule has 0 saturated heterocycles. The second kappa shape index (κ2) is 6.58. The molecule has 0 atom stereocenters. The van der Waals surface area contributed by atoms with Crippen molar-refractivity contribution in [3.05, 3.63) is 63.6 Å². The van der Waals surface area contributed by atoms with Crippen molar-refractivity contribution in [2.45, 2.75) is 6.42 Å². The Kier molecular flexibility index (Phi) is 4.34. The van der Waals surface area contributed by atoms with E-state index in [0.29, 0.717) is 34.8 Å². The molecule has 118 valence electrons. The Morgan fingerprint density at radius 3 is 2.74 bits per heavy atom. The zero-order chi connectivity index (χ0) is 16.2. The normalized spacial score (nSPS) is 10.7. The predicted molar refractivity (Wildman–Crippen MR) is 89.0 cm³/mol. The number of aromatic amines is 1. The number of benzene rings is 2. The standard InChI is InChI=1S/C16H14ClN3O3/c17-11-2-4-12(5-3-11)19-15(21)18-8-7-10-1-6-14-13(9-10)20-16(22)23-14/h1-6,9H,7-8H2,(H,20,22)(H2,18,19,21). The summed E-state index contributed by atoms with van der Waals surface area (Å²) in [7, 11) is 0. The first kappa shape index (κ1) is 15.2. The number of nitrogens with one attached hydrogen (secondary N) is 3. The minimum Gasteiger partial charge on any atom is -0.408 e. The molecule has 7 heteroatoms. The first-order valence-electron chi connectivity index (χ1n) is 7.02. The lowest BCUT2D eigenvalue weighted by Gasteiger charge is -2.07. The van der Waals surface area contributed by atoms with E-state index in [1.807, 2.05) is 12.1 Å². The van der Waals surface area contributed by atoms with Gasteiger partial charge in [-0.05, 0) is 48.4 Å². The lowest BCUT2D eigenvalue weighted by molar-refractivity contribution is 0.252. The van der Waals surface area contributed by atoms with Crippen molar-refractivity contribution in [2.75, 3.05) is 11.9 Å². The van der Waals surface area contributed by atoms with Gasteiger partial charge in [-0.1, -0.05) is 17.7 Å². The van der Waals surface area contributed by atoms with Gasteiger partial charge in [0.2, 0.25) is 0 Å². The van der Waals surface area contributed by atoms with Crippen molar-refractivity contribution in [2.24, 2.45) is 0 Å². The summed E-state index contributed by atoms with van der Waals surface area (Å²) in [5, 5.41) is 6.10. The van der Waals surface area contributed by atoms with Gasteiger partial charge in [0.1, 0.15) is 0 Å². The molecule has 0 spiro atoms. The van der Waals surface area contributed by atoms with Crippen LogP contribution in [0.5, 0.6) is 0 Å². The summed E-state index contributed by atoms with van der Waals surface area (Å²) in [5.41, 5.74) is 2.83. The smallest absolute Gasteiger partial charge is 0.408 e. The predicted octanol–water partition coefficient (Wildman–Crippen LogP) is 3.14. The molecule has 0 aliphatic heterocycles. The van der Waals surface area contributed by atoms with Gasteiger partial charge in [0.15, 0.2) is 5.58 Å². The van der Waals surface area contributed by atoms with Crippen molar-refractivity contribution < 1.29 is 9.21 Å². The number of urea groups is 1. The van der Waals surface area contributed by atoms with E-state index in [4.69, 9.17) is 16.0 Å². The third-order valence-electron chi connectivity index (χ3n) is 3.28. The Morgan fingerprint density at radius 2 is 1.96 bits per heavy atom. The molecule has 3 N–H and O–H groups in total. The number of anilines is 1. The van der Waals surface area contributed by atoms with Crippen LogP contribution in [0.3, 0.4) is 0 Å². The first-order chi connectivity index (χ1) is 11.1. The van der Waals surface area contributed by atoms with Gasteiger partial charge in [-0.25, -0.2) is 9.59 Å². The molecule has 0 aliphatic rings. The van der Waals surface area contributed by atoms with Gasteiger partial charge in [-0.3, -0.25) is 4.98 Å². The molecule has 2 amide bonds. The van der Waals surface area contributed by atoms with E-state index < -0.39 is 5.76 Å². The number of rotatable bonds is 4. The molecular weight excluding hydrogens is 318 g/mol. The largest absolute Gasteiger partial charge is 0.417 e. The molecule has 0 fully saturated rings. The van der Waals surface area contributed by atoms with Crippen LogP contribution in [0.15, 0.2) is 51.7 Å². The van der Waals surface area contributed by atoms with Crippen LogP contribution in [0.2, 0.25) is 5.02 Å². The summed E-state index contributed by atoms with van der Waals surface area (Å²) in [6, 6.07) is 12.0.